The third-order valence-corrected chi connectivity index (χ3v) is 1.81. The highest BCUT2D eigenvalue weighted by Gasteiger charge is 2.15. The van der Waals surface area contributed by atoms with Crippen molar-refractivity contribution in [2.45, 2.75) is 32.8 Å². The predicted molar refractivity (Wildman–Crippen MR) is 51.6 cm³/mol. The molecule has 0 bridgehead atoms. The van der Waals surface area contributed by atoms with Gasteiger partial charge in [0.2, 0.25) is 0 Å². The normalized spacial score (nSPS) is 14.9. The van der Waals surface area contributed by atoms with Crippen molar-refractivity contribution in [1.82, 2.24) is 0 Å². The van der Waals surface area contributed by atoms with Crippen molar-refractivity contribution in [3.63, 3.8) is 0 Å². The second kappa shape index (κ2) is 6.66. The number of carbonyl (C=O) groups is 1. The van der Waals surface area contributed by atoms with Crippen LogP contribution in [-0.4, -0.2) is 23.8 Å². The van der Waals surface area contributed by atoms with Gasteiger partial charge in [-0.05, 0) is 12.8 Å². The topological polar surface area (TPSA) is 46.5 Å². The second-order valence-corrected chi connectivity index (χ2v) is 3.12. The molecule has 0 rings (SSSR count). The SMILES string of the molecule is C=CC(CC(C)C(=O)O)OCCC. The molecule has 0 aromatic heterocycles. The molecular formula is C10H18O3. The number of hydrogen-bond acceptors (Lipinski definition) is 2. The van der Waals surface area contributed by atoms with E-state index in [9.17, 15) is 4.79 Å². The monoisotopic (exact) mass is 186 g/mol. The quantitative estimate of drug-likeness (QED) is 0.619. The van der Waals surface area contributed by atoms with Crippen LogP contribution in [-0.2, 0) is 9.53 Å². The van der Waals surface area contributed by atoms with Crippen molar-refractivity contribution in [2.75, 3.05) is 6.61 Å². The van der Waals surface area contributed by atoms with Crippen LogP contribution in [0.1, 0.15) is 26.7 Å². The average molecular weight is 186 g/mol. The summed E-state index contributed by atoms with van der Waals surface area (Å²) in [6.07, 6.45) is 2.96. The summed E-state index contributed by atoms with van der Waals surface area (Å²) in [5.41, 5.74) is 0. The minimum atomic E-state index is -0.785. The van der Waals surface area contributed by atoms with E-state index in [4.69, 9.17) is 9.84 Å². The Morgan fingerprint density at radius 3 is 2.69 bits per heavy atom. The summed E-state index contributed by atoms with van der Waals surface area (Å²) in [6, 6.07) is 0. The highest BCUT2D eigenvalue weighted by Crippen LogP contribution is 2.10. The highest BCUT2D eigenvalue weighted by molar-refractivity contribution is 5.69. The third kappa shape index (κ3) is 5.42. The summed E-state index contributed by atoms with van der Waals surface area (Å²) >= 11 is 0. The van der Waals surface area contributed by atoms with E-state index in [1.165, 1.54) is 0 Å². The van der Waals surface area contributed by atoms with E-state index in [0.717, 1.165) is 6.42 Å². The van der Waals surface area contributed by atoms with Crippen LogP contribution in [0, 0.1) is 5.92 Å². The van der Waals surface area contributed by atoms with Gasteiger partial charge in [-0.25, -0.2) is 0 Å². The zero-order valence-corrected chi connectivity index (χ0v) is 8.32. The van der Waals surface area contributed by atoms with Crippen molar-refractivity contribution < 1.29 is 14.6 Å². The predicted octanol–water partition coefficient (Wildman–Crippen LogP) is 2.08. The Morgan fingerprint density at radius 2 is 2.31 bits per heavy atom. The van der Waals surface area contributed by atoms with Crippen molar-refractivity contribution in [2.24, 2.45) is 5.92 Å². The molecule has 1 N–H and O–H groups in total. The van der Waals surface area contributed by atoms with Gasteiger partial charge in [0.15, 0.2) is 0 Å². The highest BCUT2D eigenvalue weighted by atomic mass is 16.5. The lowest BCUT2D eigenvalue weighted by molar-refractivity contribution is -0.142. The van der Waals surface area contributed by atoms with E-state index in [-0.39, 0.29) is 12.0 Å². The van der Waals surface area contributed by atoms with Crippen LogP contribution in [0.15, 0.2) is 12.7 Å². The molecule has 2 atom stereocenters. The number of rotatable bonds is 7. The Kier molecular flexibility index (Phi) is 6.24. The second-order valence-electron chi connectivity index (χ2n) is 3.12. The first-order valence-corrected chi connectivity index (χ1v) is 4.58. The van der Waals surface area contributed by atoms with Crippen LogP contribution in [0.4, 0.5) is 0 Å². The molecule has 0 aliphatic carbocycles. The van der Waals surface area contributed by atoms with Crippen LogP contribution in [0.3, 0.4) is 0 Å². The molecule has 0 saturated heterocycles. The maximum atomic E-state index is 10.5. The van der Waals surface area contributed by atoms with Gasteiger partial charge in [0.25, 0.3) is 0 Å². The molecule has 3 nitrogen and oxygen atoms in total. The van der Waals surface area contributed by atoms with E-state index < -0.39 is 5.97 Å². The van der Waals surface area contributed by atoms with Crippen LogP contribution in [0.5, 0.6) is 0 Å². The summed E-state index contributed by atoms with van der Waals surface area (Å²) in [7, 11) is 0. The number of ether oxygens (including phenoxy) is 1. The number of hydrogen-bond donors (Lipinski definition) is 1. The van der Waals surface area contributed by atoms with Crippen molar-refractivity contribution in [3.05, 3.63) is 12.7 Å². The summed E-state index contributed by atoms with van der Waals surface area (Å²) in [6.45, 7) is 7.95. The fraction of sp³-hybridized carbons (Fsp3) is 0.700. The molecule has 0 amide bonds. The lowest BCUT2D eigenvalue weighted by atomic mass is 10.0. The lowest BCUT2D eigenvalue weighted by Crippen LogP contribution is -2.19. The van der Waals surface area contributed by atoms with Gasteiger partial charge in [0, 0.05) is 6.61 Å². The third-order valence-electron chi connectivity index (χ3n) is 1.81. The smallest absolute Gasteiger partial charge is 0.306 e. The van der Waals surface area contributed by atoms with Gasteiger partial charge in [-0.2, -0.15) is 0 Å². The van der Waals surface area contributed by atoms with Gasteiger partial charge in [-0.3, -0.25) is 4.79 Å². The van der Waals surface area contributed by atoms with Crippen molar-refractivity contribution in [1.29, 1.82) is 0 Å². The largest absolute Gasteiger partial charge is 0.481 e. The van der Waals surface area contributed by atoms with Crippen LogP contribution < -0.4 is 0 Å². The molecule has 0 spiro atoms. The molecule has 0 aliphatic rings. The fourth-order valence-corrected chi connectivity index (χ4v) is 0.951. The van der Waals surface area contributed by atoms with Crippen LogP contribution >= 0.6 is 0 Å². The minimum Gasteiger partial charge on any atom is -0.481 e. The van der Waals surface area contributed by atoms with Crippen molar-refractivity contribution in [3.8, 4) is 0 Å². The van der Waals surface area contributed by atoms with Gasteiger partial charge in [-0.1, -0.05) is 19.9 Å². The fourth-order valence-electron chi connectivity index (χ4n) is 0.951. The molecule has 0 aromatic rings. The van der Waals surface area contributed by atoms with Gasteiger partial charge < -0.3 is 9.84 Å². The van der Waals surface area contributed by atoms with Gasteiger partial charge in [-0.15, -0.1) is 6.58 Å². The zero-order valence-electron chi connectivity index (χ0n) is 8.32. The first kappa shape index (κ1) is 12.2. The molecule has 0 heterocycles. The Bertz CT molecular complexity index is 166. The Labute approximate surface area is 79.4 Å². The molecule has 0 fully saturated rings. The Hall–Kier alpha value is -0.830. The standard InChI is InChI=1S/C10H18O3/c1-4-6-13-9(5-2)7-8(3)10(11)12/h5,8-9H,2,4,6-7H2,1,3H3,(H,11,12). The summed E-state index contributed by atoms with van der Waals surface area (Å²) in [5.74, 6) is -1.16. The average Bonchev–Trinajstić information content (AvgIpc) is 2.11. The summed E-state index contributed by atoms with van der Waals surface area (Å²) in [4.78, 5) is 10.5. The number of carboxylic acid groups (broad SMARTS) is 1. The first-order chi connectivity index (χ1) is 6.11. The van der Waals surface area contributed by atoms with Gasteiger partial charge in [0.1, 0.15) is 0 Å². The molecule has 0 radical (unpaired) electrons. The molecule has 0 aromatic carbocycles. The summed E-state index contributed by atoms with van der Waals surface area (Å²) < 4.78 is 5.38. The number of carboxylic acids is 1. The Morgan fingerprint density at radius 1 is 1.69 bits per heavy atom. The van der Waals surface area contributed by atoms with E-state index in [1.54, 1.807) is 13.0 Å². The van der Waals surface area contributed by atoms with E-state index in [1.807, 2.05) is 6.92 Å². The molecule has 0 aliphatic heterocycles. The lowest BCUT2D eigenvalue weighted by Gasteiger charge is -2.15. The van der Waals surface area contributed by atoms with E-state index in [0.29, 0.717) is 13.0 Å². The maximum absolute atomic E-state index is 10.5. The molecule has 13 heavy (non-hydrogen) atoms. The molecule has 0 saturated carbocycles. The molecule has 76 valence electrons. The van der Waals surface area contributed by atoms with E-state index in [2.05, 4.69) is 6.58 Å². The van der Waals surface area contributed by atoms with Crippen molar-refractivity contribution >= 4 is 5.97 Å². The van der Waals surface area contributed by atoms with E-state index >= 15 is 0 Å². The van der Waals surface area contributed by atoms with Crippen LogP contribution in [0.25, 0.3) is 0 Å². The molecule has 2 unspecified atom stereocenters. The maximum Gasteiger partial charge on any atom is 0.306 e. The molecule has 3 heteroatoms. The zero-order chi connectivity index (χ0) is 10.3. The number of aliphatic carboxylic acids is 1. The molecular weight excluding hydrogens is 168 g/mol. The summed E-state index contributed by atoms with van der Waals surface area (Å²) in [5, 5.41) is 8.66. The van der Waals surface area contributed by atoms with Gasteiger partial charge >= 0.3 is 5.97 Å². The minimum absolute atomic E-state index is 0.133. The Balaban J connectivity index is 3.82. The van der Waals surface area contributed by atoms with Crippen LogP contribution in [0.2, 0.25) is 0 Å². The first-order valence-electron chi connectivity index (χ1n) is 4.58. The van der Waals surface area contributed by atoms with Gasteiger partial charge in [0.05, 0.1) is 12.0 Å².